The smallest absolute Gasteiger partial charge is 0.261 e. The molecule has 1 aromatic carbocycles. The standard InChI is InChI=1S/C14H14N2O2S/c1-8-5-6-11(17)9(7-8)13(18)16-14-15-10-3-2-4-12(10)19-14/h5-7,17H,2-4H2,1H3,(H,15,16,18). The molecule has 0 atom stereocenters. The number of nitrogens with one attached hydrogen (secondary N) is 1. The van der Waals surface area contributed by atoms with Crippen molar-refractivity contribution in [3.63, 3.8) is 0 Å². The highest BCUT2D eigenvalue weighted by Gasteiger charge is 2.19. The number of nitrogens with zero attached hydrogens (tertiary/aromatic N) is 1. The Hall–Kier alpha value is -1.88. The summed E-state index contributed by atoms with van der Waals surface area (Å²) in [5.74, 6) is -0.319. The molecule has 1 aliphatic rings. The fourth-order valence-electron chi connectivity index (χ4n) is 2.24. The van der Waals surface area contributed by atoms with Gasteiger partial charge in [0, 0.05) is 4.88 Å². The summed E-state index contributed by atoms with van der Waals surface area (Å²) in [6.07, 6.45) is 3.21. The van der Waals surface area contributed by atoms with Crippen LogP contribution in [0.2, 0.25) is 0 Å². The molecule has 0 spiro atoms. The van der Waals surface area contributed by atoms with Crippen molar-refractivity contribution in [2.45, 2.75) is 26.2 Å². The molecule has 0 saturated carbocycles. The van der Waals surface area contributed by atoms with Crippen molar-refractivity contribution in [1.82, 2.24) is 4.98 Å². The first-order valence-electron chi connectivity index (χ1n) is 6.23. The lowest BCUT2D eigenvalue weighted by molar-refractivity contribution is 0.102. The number of anilines is 1. The van der Waals surface area contributed by atoms with Gasteiger partial charge in [-0.15, -0.1) is 11.3 Å². The third kappa shape index (κ3) is 2.33. The van der Waals surface area contributed by atoms with Gasteiger partial charge in [0.1, 0.15) is 5.75 Å². The molecule has 0 aliphatic heterocycles. The van der Waals surface area contributed by atoms with Crippen LogP contribution in [0.5, 0.6) is 5.75 Å². The molecule has 0 radical (unpaired) electrons. The monoisotopic (exact) mass is 274 g/mol. The highest BCUT2D eigenvalue weighted by Crippen LogP contribution is 2.31. The van der Waals surface area contributed by atoms with E-state index >= 15 is 0 Å². The quantitative estimate of drug-likeness (QED) is 0.885. The minimum atomic E-state index is -0.311. The molecule has 0 bridgehead atoms. The molecule has 0 fully saturated rings. The third-order valence-electron chi connectivity index (χ3n) is 3.21. The van der Waals surface area contributed by atoms with Crippen LogP contribution in [0.25, 0.3) is 0 Å². The van der Waals surface area contributed by atoms with Gasteiger partial charge in [0.15, 0.2) is 5.13 Å². The van der Waals surface area contributed by atoms with E-state index in [1.807, 2.05) is 6.92 Å². The average molecular weight is 274 g/mol. The summed E-state index contributed by atoms with van der Waals surface area (Å²) >= 11 is 1.53. The van der Waals surface area contributed by atoms with Gasteiger partial charge in [0.25, 0.3) is 5.91 Å². The van der Waals surface area contributed by atoms with Gasteiger partial charge in [0.05, 0.1) is 11.3 Å². The minimum absolute atomic E-state index is 0.00722. The van der Waals surface area contributed by atoms with Crippen LogP contribution in [0.3, 0.4) is 0 Å². The number of carbonyl (C=O) groups excluding carboxylic acids is 1. The molecule has 5 heteroatoms. The molecule has 3 rings (SSSR count). The molecule has 1 aromatic heterocycles. The van der Waals surface area contributed by atoms with Gasteiger partial charge in [-0.05, 0) is 38.3 Å². The number of thiazole rings is 1. The van der Waals surface area contributed by atoms with Gasteiger partial charge in [-0.2, -0.15) is 0 Å². The molecule has 1 heterocycles. The van der Waals surface area contributed by atoms with Crippen LogP contribution in [0.4, 0.5) is 5.13 Å². The number of benzene rings is 1. The highest BCUT2D eigenvalue weighted by atomic mass is 32.1. The second-order valence-electron chi connectivity index (χ2n) is 4.72. The van der Waals surface area contributed by atoms with Crippen LogP contribution in [0.1, 0.15) is 32.9 Å². The van der Waals surface area contributed by atoms with Gasteiger partial charge in [-0.3, -0.25) is 10.1 Å². The number of hydrogen-bond donors (Lipinski definition) is 2. The van der Waals surface area contributed by atoms with Crippen molar-refractivity contribution in [2.24, 2.45) is 0 Å². The van der Waals surface area contributed by atoms with Gasteiger partial charge in [-0.1, -0.05) is 11.6 Å². The van der Waals surface area contributed by atoms with Crippen molar-refractivity contribution in [3.8, 4) is 5.75 Å². The molecule has 19 heavy (non-hydrogen) atoms. The zero-order chi connectivity index (χ0) is 13.4. The van der Waals surface area contributed by atoms with Crippen molar-refractivity contribution in [2.75, 3.05) is 5.32 Å². The van der Waals surface area contributed by atoms with Crippen LogP contribution in [0, 0.1) is 6.92 Å². The first-order chi connectivity index (χ1) is 9.13. The van der Waals surface area contributed by atoms with Gasteiger partial charge >= 0.3 is 0 Å². The maximum atomic E-state index is 12.1. The molecule has 4 nitrogen and oxygen atoms in total. The Morgan fingerprint density at radius 3 is 3.05 bits per heavy atom. The Kier molecular flexibility index (Phi) is 2.98. The summed E-state index contributed by atoms with van der Waals surface area (Å²) in [6.45, 7) is 1.88. The molecule has 2 aromatic rings. The van der Waals surface area contributed by atoms with Crippen molar-refractivity contribution < 1.29 is 9.90 Å². The lowest BCUT2D eigenvalue weighted by atomic mass is 10.1. The average Bonchev–Trinajstić information content (AvgIpc) is 2.92. The van der Waals surface area contributed by atoms with E-state index in [0.29, 0.717) is 5.13 Å². The summed E-state index contributed by atoms with van der Waals surface area (Å²) in [5.41, 5.74) is 2.33. The van der Waals surface area contributed by atoms with E-state index in [4.69, 9.17) is 0 Å². The van der Waals surface area contributed by atoms with E-state index < -0.39 is 0 Å². The lowest BCUT2D eigenvalue weighted by Gasteiger charge is -2.05. The Balaban J connectivity index is 1.82. The molecule has 1 amide bonds. The number of carbonyl (C=O) groups is 1. The van der Waals surface area contributed by atoms with Crippen LogP contribution in [0.15, 0.2) is 18.2 Å². The second-order valence-corrected chi connectivity index (χ2v) is 5.80. The summed E-state index contributed by atoms with van der Waals surface area (Å²) in [7, 11) is 0. The molecule has 0 unspecified atom stereocenters. The van der Waals surface area contributed by atoms with E-state index in [9.17, 15) is 9.90 Å². The molecule has 1 aliphatic carbocycles. The Bertz CT molecular complexity index is 627. The number of fused-ring (bicyclic) bond motifs is 1. The van der Waals surface area contributed by atoms with Gasteiger partial charge in [0.2, 0.25) is 0 Å². The fraction of sp³-hybridized carbons (Fsp3) is 0.286. The number of aromatic nitrogens is 1. The number of hydrogen-bond acceptors (Lipinski definition) is 4. The zero-order valence-electron chi connectivity index (χ0n) is 10.6. The lowest BCUT2D eigenvalue weighted by Crippen LogP contribution is -2.12. The van der Waals surface area contributed by atoms with Crippen molar-refractivity contribution in [1.29, 1.82) is 0 Å². The summed E-state index contributed by atoms with van der Waals surface area (Å²) < 4.78 is 0. The fourth-order valence-corrected chi connectivity index (χ4v) is 3.28. The van der Waals surface area contributed by atoms with Crippen LogP contribution in [-0.2, 0) is 12.8 Å². The van der Waals surface area contributed by atoms with Gasteiger partial charge in [-0.25, -0.2) is 4.98 Å². The second kappa shape index (κ2) is 4.66. The number of rotatable bonds is 2. The predicted molar refractivity (Wildman–Crippen MR) is 74.9 cm³/mol. The van der Waals surface area contributed by atoms with E-state index in [0.717, 1.165) is 30.5 Å². The largest absolute Gasteiger partial charge is 0.507 e. The van der Waals surface area contributed by atoms with Crippen molar-refractivity contribution in [3.05, 3.63) is 39.9 Å². The maximum Gasteiger partial charge on any atom is 0.261 e. The highest BCUT2D eigenvalue weighted by molar-refractivity contribution is 7.16. The SMILES string of the molecule is Cc1ccc(O)c(C(=O)Nc2nc3c(s2)CCC3)c1. The van der Waals surface area contributed by atoms with Crippen LogP contribution in [-0.4, -0.2) is 16.0 Å². The molecular formula is C14H14N2O2S. The van der Waals surface area contributed by atoms with Crippen LogP contribution >= 0.6 is 11.3 Å². The summed E-state index contributed by atoms with van der Waals surface area (Å²) in [4.78, 5) is 17.8. The minimum Gasteiger partial charge on any atom is -0.507 e. The van der Waals surface area contributed by atoms with E-state index in [1.165, 1.54) is 22.3 Å². The maximum absolute atomic E-state index is 12.1. The van der Waals surface area contributed by atoms with E-state index in [-0.39, 0.29) is 17.2 Å². The molecular weight excluding hydrogens is 260 g/mol. The number of aryl methyl sites for hydroxylation is 3. The Morgan fingerprint density at radius 2 is 2.26 bits per heavy atom. The van der Waals surface area contributed by atoms with E-state index in [2.05, 4.69) is 10.3 Å². The topological polar surface area (TPSA) is 62.2 Å². The van der Waals surface area contributed by atoms with Crippen molar-refractivity contribution >= 4 is 22.4 Å². The summed E-state index contributed by atoms with van der Waals surface area (Å²) in [6, 6.07) is 4.97. The Morgan fingerprint density at radius 1 is 1.42 bits per heavy atom. The first kappa shape index (κ1) is 12.2. The Labute approximate surface area is 115 Å². The van der Waals surface area contributed by atoms with E-state index in [1.54, 1.807) is 12.1 Å². The number of phenolic OH excluding ortho intramolecular Hbond substituents is 1. The third-order valence-corrected chi connectivity index (χ3v) is 4.29. The molecule has 0 saturated heterocycles. The zero-order valence-corrected chi connectivity index (χ0v) is 11.4. The number of phenols is 1. The molecule has 98 valence electrons. The normalized spacial score (nSPS) is 13.3. The predicted octanol–water partition coefficient (Wildman–Crippen LogP) is 2.90. The molecule has 2 N–H and O–H groups in total. The number of amides is 1. The number of aromatic hydroxyl groups is 1. The first-order valence-corrected chi connectivity index (χ1v) is 7.04. The van der Waals surface area contributed by atoms with Crippen LogP contribution < -0.4 is 5.32 Å². The summed E-state index contributed by atoms with van der Waals surface area (Å²) in [5, 5.41) is 13.1. The van der Waals surface area contributed by atoms with Gasteiger partial charge < -0.3 is 5.11 Å².